The van der Waals surface area contributed by atoms with Crippen molar-refractivity contribution in [1.82, 2.24) is 0 Å². The van der Waals surface area contributed by atoms with Crippen molar-refractivity contribution in [3.8, 4) is 23.3 Å². The number of carbonyl (C=O) groups excluding carboxylic acids is 1. The van der Waals surface area contributed by atoms with Crippen LogP contribution in [-0.4, -0.2) is 20.2 Å². The molecule has 0 bridgehead atoms. The Morgan fingerprint density at radius 3 is 2.48 bits per heavy atom. The summed E-state index contributed by atoms with van der Waals surface area (Å²) in [5, 5.41) is 9.65. The van der Waals surface area contributed by atoms with Crippen molar-refractivity contribution in [3.05, 3.63) is 53.6 Å². The molecule has 5 nitrogen and oxygen atoms in total. The third-order valence-electron chi connectivity index (χ3n) is 5.72. The third-order valence-corrected chi connectivity index (χ3v) is 5.72. The Morgan fingerprint density at radius 2 is 1.77 bits per heavy atom. The molecule has 0 aromatic heterocycles. The minimum atomic E-state index is -0.237. The molecule has 0 unspecified atom stereocenters. The first-order valence-electron chi connectivity index (χ1n) is 10.8. The van der Waals surface area contributed by atoms with Crippen molar-refractivity contribution in [1.29, 1.82) is 5.26 Å². The Labute approximate surface area is 184 Å². The lowest BCUT2D eigenvalue weighted by Crippen LogP contribution is -2.13. The minimum Gasteiger partial charge on any atom is -0.496 e. The first-order chi connectivity index (χ1) is 15.1. The van der Waals surface area contributed by atoms with E-state index in [2.05, 4.69) is 6.07 Å². The molecule has 5 heteroatoms. The third kappa shape index (κ3) is 6.11. The molecular weight excluding hydrogens is 390 g/mol. The summed E-state index contributed by atoms with van der Waals surface area (Å²) in [6, 6.07) is 14.9. The molecule has 0 saturated heterocycles. The maximum absolute atomic E-state index is 12.3. The average molecular weight is 420 g/mol. The predicted molar refractivity (Wildman–Crippen MR) is 121 cm³/mol. The molecule has 0 spiro atoms. The molecule has 2 aromatic carbocycles. The average Bonchev–Trinajstić information content (AvgIpc) is 2.82. The van der Waals surface area contributed by atoms with Crippen LogP contribution in [0.25, 0.3) is 11.6 Å². The van der Waals surface area contributed by atoms with Crippen LogP contribution in [0.3, 0.4) is 0 Å². The number of nitrogens with zero attached hydrogens (tertiary/aromatic N) is 1. The zero-order valence-corrected chi connectivity index (χ0v) is 18.2. The molecule has 0 radical (unpaired) electrons. The van der Waals surface area contributed by atoms with E-state index in [9.17, 15) is 10.1 Å². The smallest absolute Gasteiger partial charge is 0.311 e. The maximum Gasteiger partial charge on any atom is 0.311 e. The monoisotopic (exact) mass is 419 g/mol. The van der Waals surface area contributed by atoms with E-state index in [0.29, 0.717) is 40.7 Å². The lowest BCUT2D eigenvalue weighted by atomic mass is 9.86. The standard InChI is InChI=1S/C26H29NO4/c1-29-23-11-7-6-10-22(23)21(18-27)16-20-12-14-24(25(17-20)30-2)31-26(28)15-13-19-8-4-3-5-9-19/h6-7,10-12,14,16-17,19H,3-5,8-9,13,15H2,1-2H3/b21-16-. The van der Waals surface area contributed by atoms with E-state index < -0.39 is 0 Å². The van der Waals surface area contributed by atoms with Gasteiger partial charge in [-0.1, -0.05) is 50.3 Å². The van der Waals surface area contributed by atoms with Crippen molar-refractivity contribution >= 4 is 17.6 Å². The van der Waals surface area contributed by atoms with E-state index in [1.165, 1.54) is 39.2 Å². The molecular formula is C26H29NO4. The normalized spacial score (nSPS) is 14.5. The number of benzene rings is 2. The lowest BCUT2D eigenvalue weighted by Gasteiger charge is -2.20. The Bertz CT molecular complexity index is 968. The molecule has 1 aliphatic rings. The first kappa shape index (κ1) is 22.4. The first-order valence-corrected chi connectivity index (χ1v) is 10.8. The molecule has 0 N–H and O–H groups in total. The number of carbonyl (C=O) groups is 1. The predicted octanol–water partition coefficient (Wildman–Crippen LogP) is 6.03. The second kappa shape index (κ2) is 11.2. The van der Waals surface area contributed by atoms with Gasteiger partial charge < -0.3 is 14.2 Å². The number of methoxy groups -OCH3 is 2. The second-order valence-electron chi connectivity index (χ2n) is 7.80. The number of hydrogen-bond donors (Lipinski definition) is 0. The van der Waals surface area contributed by atoms with Crippen LogP contribution in [0, 0.1) is 17.2 Å². The molecule has 1 saturated carbocycles. The SMILES string of the molecule is COc1cc(/C=C(/C#N)c2ccccc2OC)ccc1OC(=O)CCC1CCCCC1. The van der Waals surface area contributed by atoms with Crippen LogP contribution >= 0.6 is 0 Å². The Morgan fingerprint density at radius 1 is 1.03 bits per heavy atom. The number of esters is 1. The van der Waals surface area contributed by atoms with Crippen LogP contribution in [0.15, 0.2) is 42.5 Å². The molecule has 1 aliphatic carbocycles. The molecule has 0 atom stereocenters. The molecule has 0 aliphatic heterocycles. The number of ether oxygens (including phenoxy) is 3. The summed E-state index contributed by atoms with van der Waals surface area (Å²) in [7, 11) is 3.11. The van der Waals surface area contributed by atoms with Crippen molar-refractivity contribution in [2.45, 2.75) is 44.9 Å². The fourth-order valence-electron chi connectivity index (χ4n) is 4.03. The second-order valence-corrected chi connectivity index (χ2v) is 7.80. The van der Waals surface area contributed by atoms with Gasteiger partial charge in [0.15, 0.2) is 11.5 Å². The van der Waals surface area contributed by atoms with Crippen molar-refractivity contribution in [3.63, 3.8) is 0 Å². The van der Waals surface area contributed by atoms with E-state index >= 15 is 0 Å². The summed E-state index contributed by atoms with van der Waals surface area (Å²) in [5.41, 5.74) is 1.95. The van der Waals surface area contributed by atoms with Crippen molar-refractivity contribution < 1.29 is 19.0 Å². The van der Waals surface area contributed by atoms with Gasteiger partial charge in [-0.05, 0) is 48.2 Å². The van der Waals surface area contributed by atoms with E-state index in [4.69, 9.17) is 14.2 Å². The van der Waals surface area contributed by atoms with Crippen LogP contribution in [0.4, 0.5) is 0 Å². The van der Waals surface area contributed by atoms with Gasteiger partial charge in [0, 0.05) is 12.0 Å². The van der Waals surface area contributed by atoms with Crippen LogP contribution < -0.4 is 14.2 Å². The Kier molecular flexibility index (Phi) is 8.12. The summed E-state index contributed by atoms with van der Waals surface area (Å²) in [5.74, 6) is 1.88. The van der Waals surface area contributed by atoms with Gasteiger partial charge in [0.25, 0.3) is 0 Å². The Balaban J connectivity index is 1.72. The van der Waals surface area contributed by atoms with E-state index in [1.54, 1.807) is 31.4 Å². The van der Waals surface area contributed by atoms with Gasteiger partial charge in [-0.15, -0.1) is 0 Å². The van der Waals surface area contributed by atoms with Gasteiger partial charge in [0.05, 0.1) is 25.9 Å². The van der Waals surface area contributed by atoms with E-state index in [1.807, 2.05) is 24.3 Å². The van der Waals surface area contributed by atoms with Gasteiger partial charge in [-0.3, -0.25) is 4.79 Å². The summed E-state index contributed by atoms with van der Waals surface area (Å²) >= 11 is 0. The van der Waals surface area contributed by atoms with Gasteiger partial charge >= 0.3 is 5.97 Å². The van der Waals surface area contributed by atoms with E-state index in [0.717, 1.165) is 12.0 Å². The van der Waals surface area contributed by atoms with Gasteiger partial charge in [0.2, 0.25) is 0 Å². The van der Waals surface area contributed by atoms with Crippen molar-refractivity contribution in [2.75, 3.05) is 14.2 Å². The molecule has 0 heterocycles. The van der Waals surface area contributed by atoms with Gasteiger partial charge in [0.1, 0.15) is 5.75 Å². The fourth-order valence-corrected chi connectivity index (χ4v) is 4.03. The van der Waals surface area contributed by atoms with Gasteiger partial charge in [-0.25, -0.2) is 0 Å². The van der Waals surface area contributed by atoms with E-state index in [-0.39, 0.29) is 5.97 Å². The summed E-state index contributed by atoms with van der Waals surface area (Å²) in [4.78, 5) is 12.3. The lowest BCUT2D eigenvalue weighted by molar-refractivity contribution is -0.134. The number of nitriles is 1. The van der Waals surface area contributed by atoms with Crippen LogP contribution in [0.1, 0.15) is 56.1 Å². The topological polar surface area (TPSA) is 68.6 Å². The maximum atomic E-state index is 12.3. The van der Waals surface area contributed by atoms with Gasteiger partial charge in [-0.2, -0.15) is 5.26 Å². The highest BCUT2D eigenvalue weighted by atomic mass is 16.6. The van der Waals surface area contributed by atoms with Crippen LogP contribution in [0.5, 0.6) is 17.2 Å². The molecule has 2 aromatic rings. The van der Waals surface area contributed by atoms with Crippen LogP contribution in [-0.2, 0) is 4.79 Å². The number of allylic oxidation sites excluding steroid dienone is 1. The largest absolute Gasteiger partial charge is 0.496 e. The summed E-state index contributed by atoms with van der Waals surface area (Å²) in [6.07, 6.45) is 9.33. The fraction of sp³-hybridized carbons (Fsp3) is 0.385. The quantitative estimate of drug-likeness (QED) is 0.226. The molecule has 31 heavy (non-hydrogen) atoms. The number of hydrogen-bond acceptors (Lipinski definition) is 5. The van der Waals surface area contributed by atoms with Crippen LogP contribution in [0.2, 0.25) is 0 Å². The zero-order valence-electron chi connectivity index (χ0n) is 18.2. The number of para-hydroxylation sites is 1. The summed E-state index contributed by atoms with van der Waals surface area (Å²) < 4.78 is 16.4. The molecule has 0 amide bonds. The highest BCUT2D eigenvalue weighted by Crippen LogP contribution is 2.32. The minimum absolute atomic E-state index is 0.237. The highest BCUT2D eigenvalue weighted by Gasteiger charge is 2.17. The summed E-state index contributed by atoms with van der Waals surface area (Å²) in [6.45, 7) is 0. The van der Waals surface area contributed by atoms with Crippen molar-refractivity contribution in [2.24, 2.45) is 5.92 Å². The molecule has 1 fully saturated rings. The molecule has 162 valence electrons. The highest BCUT2D eigenvalue weighted by molar-refractivity contribution is 5.92. The molecule has 3 rings (SSSR count). The zero-order chi connectivity index (χ0) is 22.1. The number of rotatable bonds is 8. The Hall–Kier alpha value is -3.26.